The predicted octanol–water partition coefficient (Wildman–Crippen LogP) is 4.42. The standard InChI is InChI=1S/C20H33NO2/c1-18(2,3)15-9-14(11-21-12-20(7,8)13-22)17(23)16(10-15)19(4,5)6/h9-11,22-23H,12-13H2,1-8H3. The number of aliphatic hydroxyl groups is 1. The quantitative estimate of drug-likeness (QED) is 0.807. The zero-order valence-corrected chi connectivity index (χ0v) is 16.0. The minimum Gasteiger partial charge on any atom is -0.507 e. The highest BCUT2D eigenvalue weighted by molar-refractivity contribution is 5.85. The van der Waals surface area contributed by atoms with Crippen molar-refractivity contribution in [2.24, 2.45) is 10.4 Å². The topological polar surface area (TPSA) is 52.8 Å². The summed E-state index contributed by atoms with van der Waals surface area (Å²) in [5.41, 5.74) is 2.48. The van der Waals surface area contributed by atoms with Gasteiger partial charge in [-0.15, -0.1) is 0 Å². The Balaban J connectivity index is 3.34. The number of aliphatic imine (C=N–C) groups is 1. The van der Waals surface area contributed by atoms with Gasteiger partial charge in [0.05, 0.1) is 0 Å². The van der Waals surface area contributed by atoms with E-state index in [9.17, 15) is 10.2 Å². The van der Waals surface area contributed by atoms with Gasteiger partial charge in [-0.1, -0.05) is 61.5 Å². The van der Waals surface area contributed by atoms with Gasteiger partial charge in [-0.3, -0.25) is 4.99 Å². The number of nitrogens with zero attached hydrogens (tertiary/aromatic N) is 1. The molecule has 0 radical (unpaired) electrons. The first kappa shape index (κ1) is 19.7. The highest BCUT2D eigenvalue weighted by Crippen LogP contribution is 2.37. The van der Waals surface area contributed by atoms with Crippen LogP contribution in [0.25, 0.3) is 0 Å². The summed E-state index contributed by atoms with van der Waals surface area (Å²) >= 11 is 0. The monoisotopic (exact) mass is 319 g/mol. The maximum Gasteiger partial charge on any atom is 0.128 e. The molecule has 23 heavy (non-hydrogen) atoms. The highest BCUT2D eigenvalue weighted by atomic mass is 16.3. The Bertz CT molecular complexity index is 573. The Labute approximate surface area is 141 Å². The van der Waals surface area contributed by atoms with E-state index in [4.69, 9.17) is 0 Å². The van der Waals surface area contributed by atoms with Crippen molar-refractivity contribution in [3.63, 3.8) is 0 Å². The molecular weight excluding hydrogens is 286 g/mol. The van der Waals surface area contributed by atoms with E-state index in [1.165, 1.54) is 5.56 Å². The zero-order valence-electron chi connectivity index (χ0n) is 16.0. The average Bonchev–Trinajstić information content (AvgIpc) is 2.37. The molecule has 0 aliphatic heterocycles. The fourth-order valence-corrected chi connectivity index (χ4v) is 2.20. The van der Waals surface area contributed by atoms with Crippen molar-refractivity contribution in [2.75, 3.05) is 13.2 Å². The third-order valence-corrected chi connectivity index (χ3v) is 3.99. The fraction of sp³-hybridized carbons (Fsp3) is 0.650. The molecule has 3 heteroatoms. The van der Waals surface area contributed by atoms with Crippen molar-refractivity contribution >= 4 is 6.21 Å². The van der Waals surface area contributed by atoms with Crippen LogP contribution in [0.5, 0.6) is 5.75 Å². The second-order valence-electron chi connectivity index (χ2n) is 9.25. The second-order valence-corrected chi connectivity index (χ2v) is 9.25. The Hall–Kier alpha value is -1.35. The third-order valence-electron chi connectivity index (χ3n) is 3.99. The number of phenolic OH excluding ortho intramolecular Hbond substituents is 1. The van der Waals surface area contributed by atoms with E-state index >= 15 is 0 Å². The minimum atomic E-state index is -0.249. The summed E-state index contributed by atoms with van der Waals surface area (Å²) in [6.45, 7) is 17.4. The number of hydrogen-bond acceptors (Lipinski definition) is 3. The Morgan fingerprint density at radius 2 is 1.52 bits per heavy atom. The second kappa shape index (κ2) is 6.64. The first-order chi connectivity index (χ1) is 10.3. The van der Waals surface area contributed by atoms with Crippen molar-refractivity contribution in [3.05, 3.63) is 28.8 Å². The van der Waals surface area contributed by atoms with Crippen LogP contribution in [0.2, 0.25) is 0 Å². The summed E-state index contributed by atoms with van der Waals surface area (Å²) in [5.74, 6) is 0.302. The van der Waals surface area contributed by atoms with Gasteiger partial charge in [-0.2, -0.15) is 0 Å². The zero-order chi connectivity index (χ0) is 18.1. The normalized spacial score (nSPS) is 13.8. The van der Waals surface area contributed by atoms with Crippen molar-refractivity contribution in [1.29, 1.82) is 0 Å². The van der Waals surface area contributed by atoms with Gasteiger partial charge < -0.3 is 10.2 Å². The first-order valence-corrected chi connectivity index (χ1v) is 8.26. The van der Waals surface area contributed by atoms with Crippen LogP contribution in [0, 0.1) is 5.41 Å². The molecule has 0 spiro atoms. The molecule has 0 atom stereocenters. The number of rotatable bonds is 4. The van der Waals surface area contributed by atoms with Gasteiger partial charge in [0.25, 0.3) is 0 Å². The SMILES string of the molecule is CC(C)(CO)CN=Cc1cc(C(C)(C)C)cc(C(C)(C)C)c1O. The van der Waals surface area contributed by atoms with E-state index in [1.807, 2.05) is 19.9 Å². The number of hydrogen-bond donors (Lipinski definition) is 2. The largest absolute Gasteiger partial charge is 0.507 e. The van der Waals surface area contributed by atoms with E-state index in [1.54, 1.807) is 6.21 Å². The summed E-state index contributed by atoms with van der Waals surface area (Å²) in [6, 6.07) is 4.12. The van der Waals surface area contributed by atoms with Gasteiger partial charge in [0.15, 0.2) is 0 Å². The first-order valence-electron chi connectivity index (χ1n) is 8.26. The molecule has 1 aromatic carbocycles. The molecule has 0 heterocycles. The number of phenols is 1. The highest BCUT2D eigenvalue weighted by Gasteiger charge is 2.24. The summed E-state index contributed by atoms with van der Waals surface area (Å²) < 4.78 is 0. The fourth-order valence-electron chi connectivity index (χ4n) is 2.20. The van der Waals surface area contributed by atoms with E-state index in [0.29, 0.717) is 12.3 Å². The van der Waals surface area contributed by atoms with Gasteiger partial charge >= 0.3 is 0 Å². The Kier molecular flexibility index (Phi) is 5.69. The Morgan fingerprint density at radius 1 is 0.957 bits per heavy atom. The lowest BCUT2D eigenvalue weighted by atomic mass is 9.79. The molecule has 0 saturated carbocycles. The van der Waals surface area contributed by atoms with E-state index in [-0.39, 0.29) is 22.9 Å². The van der Waals surface area contributed by atoms with Crippen LogP contribution in [-0.2, 0) is 10.8 Å². The van der Waals surface area contributed by atoms with Gasteiger partial charge in [0.1, 0.15) is 5.75 Å². The average molecular weight is 319 g/mol. The summed E-state index contributed by atoms with van der Waals surface area (Å²) in [4.78, 5) is 4.45. The summed E-state index contributed by atoms with van der Waals surface area (Å²) in [7, 11) is 0. The van der Waals surface area contributed by atoms with Crippen molar-refractivity contribution in [2.45, 2.75) is 66.2 Å². The molecule has 3 nitrogen and oxygen atoms in total. The summed E-state index contributed by atoms with van der Waals surface area (Å²) in [6.07, 6.45) is 1.73. The molecule has 2 N–H and O–H groups in total. The van der Waals surface area contributed by atoms with Crippen LogP contribution in [0.15, 0.2) is 17.1 Å². The van der Waals surface area contributed by atoms with Crippen LogP contribution in [0.4, 0.5) is 0 Å². The molecule has 0 unspecified atom stereocenters. The van der Waals surface area contributed by atoms with Crippen LogP contribution < -0.4 is 0 Å². The lowest BCUT2D eigenvalue weighted by molar-refractivity contribution is 0.167. The van der Waals surface area contributed by atoms with Gasteiger partial charge in [-0.05, 0) is 22.5 Å². The van der Waals surface area contributed by atoms with Crippen molar-refractivity contribution < 1.29 is 10.2 Å². The molecule has 0 aliphatic rings. The molecule has 0 bridgehead atoms. The maximum absolute atomic E-state index is 10.7. The molecule has 1 rings (SSSR count). The van der Waals surface area contributed by atoms with Crippen molar-refractivity contribution in [3.8, 4) is 5.75 Å². The number of aliphatic hydroxyl groups excluding tert-OH is 1. The van der Waals surface area contributed by atoms with Gasteiger partial charge in [0.2, 0.25) is 0 Å². The molecule has 130 valence electrons. The number of benzene rings is 1. The van der Waals surface area contributed by atoms with E-state index < -0.39 is 0 Å². The lowest BCUT2D eigenvalue weighted by Gasteiger charge is -2.27. The maximum atomic E-state index is 10.7. The smallest absolute Gasteiger partial charge is 0.128 e. The van der Waals surface area contributed by atoms with E-state index in [0.717, 1.165) is 11.1 Å². The minimum absolute atomic E-state index is 0.000654. The van der Waals surface area contributed by atoms with Crippen LogP contribution in [0.1, 0.15) is 72.1 Å². The molecule has 0 amide bonds. The van der Waals surface area contributed by atoms with Crippen LogP contribution in [0.3, 0.4) is 0 Å². The Morgan fingerprint density at radius 3 is 1.96 bits per heavy atom. The predicted molar refractivity (Wildman–Crippen MR) is 98.8 cm³/mol. The van der Waals surface area contributed by atoms with Crippen LogP contribution in [-0.4, -0.2) is 29.6 Å². The molecule has 0 aliphatic carbocycles. The van der Waals surface area contributed by atoms with Crippen molar-refractivity contribution in [1.82, 2.24) is 0 Å². The molecule has 0 fully saturated rings. The van der Waals surface area contributed by atoms with Gasteiger partial charge in [-0.25, -0.2) is 0 Å². The third kappa shape index (κ3) is 5.35. The summed E-state index contributed by atoms with van der Waals surface area (Å²) in [5, 5.41) is 20.0. The number of aromatic hydroxyl groups is 1. The van der Waals surface area contributed by atoms with E-state index in [2.05, 4.69) is 52.6 Å². The molecule has 0 aromatic heterocycles. The lowest BCUT2D eigenvalue weighted by Crippen LogP contribution is -2.20. The van der Waals surface area contributed by atoms with Gasteiger partial charge in [0, 0.05) is 35.9 Å². The van der Waals surface area contributed by atoms with Crippen LogP contribution >= 0.6 is 0 Å². The molecular formula is C20H33NO2. The molecule has 1 aromatic rings. The molecule has 0 saturated heterocycles.